The average molecular weight is 444 g/mol. The molecule has 0 radical (unpaired) electrons. The topological polar surface area (TPSA) is 95.6 Å². The summed E-state index contributed by atoms with van der Waals surface area (Å²) in [5.74, 6) is -0.553. The molecule has 1 heterocycles. The summed E-state index contributed by atoms with van der Waals surface area (Å²) in [5, 5.41) is 5.51. The summed E-state index contributed by atoms with van der Waals surface area (Å²) in [4.78, 5) is 25.1. The molecule has 8 heteroatoms. The standard InChI is InChI=1S/C23H29N3O4S/c1-16-14-17(2)21(18(3)15-16)31(29,30)26-13-7-10-20(26)23(28)25-12-11-24-22(27)19-8-5-4-6-9-19/h4-6,8-9,14-15,20H,7,10-13H2,1-3H3,(H,24,27)(H,25,28). The normalized spacial score (nSPS) is 16.8. The van der Waals surface area contributed by atoms with E-state index in [1.807, 2.05) is 25.1 Å². The zero-order chi connectivity index (χ0) is 22.6. The molecular weight excluding hydrogens is 414 g/mol. The van der Waals surface area contributed by atoms with Crippen LogP contribution in [-0.4, -0.2) is 50.2 Å². The molecule has 2 N–H and O–H groups in total. The highest BCUT2D eigenvalue weighted by atomic mass is 32.2. The SMILES string of the molecule is Cc1cc(C)c(S(=O)(=O)N2CCCC2C(=O)NCCNC(=O)c2ccccc2)c(C)c1. The van der Waals surface area contributed by atoms with Crippen LogP contribution in [0.1, 0.15) is 39.9 Å². The maximum atomic E-state index is 13.4. The Kier molecular flexibility index (Phi) is 7.12. The highest BCUT2D eigenvalue weighted by Gasteiger charge is 2.40. The molecule has 3 rings (SSSR count). The van der Waals surface area contributed by atoms with E-state index in [0.717, 1.165) is 5.56 Å². The summed E-state index contributed by atoms with van der Waals surface area (Å²) >= 11 is 0. The zero-order valence-corrected chi connectivity index (χ0v) is 19.0. The van der Waals surface area contributed by atoms with Crippen molar-refractivity contribution in [3.63, 3.8) is 0 Å². The van der Waals surface area contributed by atoms with Gasteiger partial charge in [0.1, 0.15) is 6.04 Å². The number of rotatable bonds is 7. The van der Waals surface area contributed by atoms with Gasteiger partial charge in [0.25, 0.3) is 5.91 Å². The lowest BCUT2D eigenvalue weighted by atomic mass is 10.1. The number of amides is 2. The Hall–Kier alpha value is -2.71. The van der Waals surface area contributed by atoms with Crippen LogP contribution >= 0.6 is 0 Å². The Morgan fingerprint density at radius 1 is 1.00 bits per heavy atom. The number of aryl methyl sites for hydroxylation is 3. The lowest BCUT2D eigenvalue weighted by molar-refractivity contribution is -0.124. The molecule has 1 fully saturated rings. The third kappa shape index (κ3) is 5.14. The van der Waals surface area contributed by atoms with Crippen molar-refractivity contribution in [2.45, 2.75) is 44.6 Å². The first kappa shape index (κ1) is 23.0. The quantitative estimate of drug-likeness (QED) is 0.642. The van der Waals surface area contributed by atoms with Gasteiger partial charge in [0.05, 0.1) is 4.90 Å². The van der Waals surface area contributed by atoms with Crippen LogP contribution in [-0.2, 0) is 14.8 Å². The lowest BCUT2D eigenvalue weighted by Gasteiger charge is -2.25. The molecule has 166 valence electrons. The van der Waals surface area contributed by atoms with Crippen LogP contribution in [0.5, 0.6) is 0 Å². The summed E-state index contributed by atoms with van der Waals surface area (Å²) in [6.07, 6.45) is 1.11. The third-order valence-corrected chi connectivity index (χ3v) is 7.64. The number of hydrogen-bond acceptors (Lipinski definition) is 4. The van der Waals surface area contributed by atoms with Gasteiger partial charge in [0.15, 0.2) is 0 Å². The van der Waals surface area contributed by atoms with E-state index in [1.54, 1.807) is 38.1 Å². The van der Waals surface area contributed by atoms with Gasteiger partial charge in [-0.15, -0.1) is 0 Å². The zero-order valence-electron chi connectivity index (χ0n) is 18.1. The van der Waals surface area contributed by atoms with E-state index in [-0.39, 0.29) is 29.8 Å². The second-order valence-corrected chi connectivity index (χ2v) is 9.74. The highest BCUT2D eigenvalue weighted by molar-refractivity contribution is 7.89. The molecule has 2 aromatic rings. The monoisotopic (exact) mass is 443 g/mol. The third-order valence-electron chi connectivity index (χ3n) is 5.42. The summed E-state index contributed by atoms with van der Waals surface area (Å²) < 4.78 is 28.0. The largest absolute Gasteiger partial charge is 0.353 e. The maximum absolute atomic E-state index is 13.4. The average Bonchev–Trinajstić information content (AvgIpc) is 3.21. The lowest BCUT2D eigenvalue weighted by Crippen LogP contribution is -2.47. The van der Waals surface area contributed by atoms with Crippen molar-refractivity contribution in [2.75, 3.05) is 19.6 Å². The number of nitrogens with zero attached hydrogens (tertiary/aromatic N) is 1. The van der Waals surface area contributed by atoms with E-state index < -0.39 is 16.1 Å². The van der Waals surface area contributed by atoms with Crippen molar-refractivity contribution < 1.29 is 18.0 Å². The van der Waals surface area contributed by atoms with Crippen molar-refractivity contribution in [2.24, 2.45) is 0 Å². The molecule has 31 heavy (non-hydrogen) atoms. The molecule has 1 atom stereocenters. The van der Waals surface area contributed by atoms with Gasteiger partial charge < -0.3 is 10.6 Å². The van der Waals surface area contributed by atoms with Crippen LogP contribution in [0.3, 0.4) is 0 Å². The van der Waals surface area contributed by atoms with Gasteiger partial charge in [0.2, 0.25) is 15.9 Å². The number of hydrogen-bond donors (Lipinski definition) is 2. The molecule has 2 aromatic carbocycles. The van der Waals surface area contributed by atoms with Gasteiger partial charge in [-0.05, 0) is 56.9 Å². The molecule has 7 nitrogen and oxygen atoms in total. The summed E-state index contributed by atoms with van der Waals surface area (Å²) in [5.41, 5.74) is 2.92. The minimum absolute atomic E-state index is 0.217. The first-order valence-corrected chi connectivity index (χ1v) is 11.9. The Labute approximate surface area is 183 Å². The Morgan fingerprint density at radius 2 is 1.61 bits per heavy atom. The molecule has 0 spiro atoms. The van der Waals surface area contributed by atoms with E-state index in [1.165, 1.54) is 4.31 Å². The van der Waals surface area contributed by atoms with Gasteiger partial charge >= 0.3 is 0 Å². The molecule has 0 bridgehead atoms. The number of carbonyl (C=O) groups is 2. The van der Waals surface area contributed by atoms with Gasteiger partial charge in [-0.25, -0.2) is 8.42 Å². The molecule has 2 amide bonds. The molecule has 0 saturated carbocycles. The Balaban J connectivity index is 1.62. The van der Waals surface area contributed by atoms with Gasteiger partial charge in [0, 0.05) is 25.2 Å². The van der Waals surface area contributed by atoms with Crippen molar-refractivity contribution >= 4 is 21.8 Å². The van der Waals surface area contributed by atoms with Crippen molar-refractivity contribution in [3.05, 3.63) is 64.7 Å². The van der Waals surface area contributed by atoms with Crippen LogP contribution in [0.4, 0.5) is 0 Å². The van der Waals surface area contributed by atoms with Crippen molar-refractivity contribution in [3.8, 4) is 0 Å². The summed E-state index contributed by atoms with van der Waals surface area (Å²) in [6.45, 7) is 6.30. The second kappa shape index (κ2) is 9.62. The van der Waals surface area contributed by atoms with E-state index in [2.05, 4.69) is 10.6 Å². The fourth-order valence-corrected chi connectivity index (χ4v) is 6.22. The van der Waals surface area contributed by atoms with Crippen LogP contribution < -0.4 is 10.6 Å². The number of sulfonamides is 1. The number of carbonyl (C=O) groups excluding carboxylic acids is 2. The Bertz CT molecular complexity index is 1040. The van der Waals surface area contributed by atoms with E-state index in [9.17, 15) is 18.0 Å². The van der Waals surface area contributed by atoms with Gasteiger partial charge in [-0.2, -0.15) is 4.31 Å². The van der Waals surface area contributed by atoms with E-state index in [4.69, 9.17) is 0 Å². The minimum atomic E-state index is -3.79. The van der Waals surface area contributed by atoms with Crippen LogP contribution in [0.25, 0.3) is 0 Å². The number of nitrogens with one attached hydrogen (secondary N) is 2. The molecule has 1 unspecified atom stereocenters. The van der Waals surface area contributed by atoms with Crippen molar-refractivity contribution in [1.82, 2.24) is 14.9 Å². The molecular formula is C23H29N3O4S. The van der Waals surface area contributed by atoms with E-state index >= 15 is 0 Å². The molecule has 0 aromatic heterocycles. The Morgan fingerprint density at radius 3 is 2.26 bits per heavy atom. The van der Waals surface area contributed by atoms with Crippen LogP contribution in [0, 0.1) is 20.8 Å². The molecule has 1 aliphatic rings. The summed E-state index contributed by atoms with van der Waals surface area (Å²) in [6, 6.07) is 11.8. The second-order valence-electron chi connectivity index (χ2n) is 7.91. The predicted molar refractivity (Wildman–Crippen MR) is 119 cm³/mol. The highest BCUT2D eigenvalue weighted by Crippen LogP contribution is 2.30. The molecule has 1 aliphatic heterocycles. The molecule has 0 aliphatic carbocycles. The smallest absolute Gasteiger partial charge is 0.251 e. The van der Waals surface area contributed by atoms with Crippen molar-refractivity contribution in [1.29, 1.82) is 0 Å². The minimum Gasteiger partial charge on any atom is -0.353 e. The van der Waals surface area contributed by atoms with Crippen LogP contribution in [0.15, 0.2) is 47.4 Å². The predicted octanol–water partition coefficient (Wildman–Crippen LogP) is 2.31. The molecule has 1 saturated heterocycles. The van der Waals surface area contributed by atoms with Crippen LogP contribution in [0.2, 0.25) is 0 Å². The van der Waals surface area contributed by atoms with E-state index in [0.29, 0.717) is 36.1 Å². The fraction of sp³-hybridized carbons (Fsp3) is 0.391. The van der Waals surface area contributed by atoms with Gasteiger partial charge in [-0.3, -0.25) is 9.59 Å². The van der Waals surface area contributed by atoms with Gasteiger partial charge in [-0.1, -0.05) is 35.9 Å². The number of benzene rings is 2. The maximum Gasteiger partial charge on any atom is 0.251 e. The summed E-state index contributed by atoms with van der Waals surface area (Å²) in [7, 11) is -3.79. The fourth-order valence-electron chi connectivity index (χ4n) is 4.15. The first-order valence-electron chi connectivity index (χ1n) is 10.4. The first-order chi connectivity index (χ1) is 14.7.